The zero-order chi connectivity index (χ0) is 37.7. The van der Waals surface area contributed by atoms with E-state index < -0.39 is 5.20 Å². The molecule has 1 N–H and O–H groups in total. The Morgan fingerprint density at radius 3 is 1.44 bits per heavy atom. The van der Waals surface area contributed by atoms with E-state index >= 15 is 0 Å². The fourth-order valence-electron chi connectivity index (χ4n) is 2.93. The number of carbonyl (C=O) groups is 3. The molecule has 0 saturated carbocycles. The van der Waals surface area contributed by atoms with Crippen molar-refractivity contribution < 1.29 is 42.5 Å². The second kappa shape index (κ2) is 40.7. The molecule has 0 aromatic heterocycles. The van der Waals surface area contributed by atoms with Crippen LogP contribution in [0, 0.1) is 6.07 Å². The van der Waals surface area contributed by atoms with Crippen LogP contribution in [0.15, 0.2) is 170 Å². The summed E-state index contributed by atoms with van der Waals surface area (Å²) in [5, 5.41) is 5.70. The number of halogens is 4. The molecule has 4 rings (SSSR count). The molecule has 1 unspecified atom stereocenters. The molecule has 0 bridgehead atoms. The van der Waals surface area contributed by atoms with Gasteiger partial charge in [-0.1, -0.05) is 134 Å². The molecule has 52 heavy (non-hydrogen) atoms. The molecule has 11 heteroatoms. The third kappa shape index (κ3) is 44.9. The molecule has 0 spiro atoms. The van der Waals surface area contributed by atoms with Crippen molar-refractivity contribution in [2.24, 2.45) is 0 Å². The number of aliphatic hydroxyl groups is 1. The number of ketones is 1. The summed E-state index contributed by atoms with van der Waals surface area (Å²) in [7, 11) is 0. The molecule has 5 nitrogen and oxygen atoms in total. The van der Waals surface area contributed by atoms with Crippen LogP contribution in [0.4, 0.5) is 0 Å². The summed E-state index contributed by atoms with van der Waals surface area (Å²) < 4.78 is 9.51. The Hall–Kier alpha value is -3.10. The summed E-state index contributed by atoms with van der Waals surface area (Å²) in [6, 6.07) is 41.6. The third-order valence-electron chi connectivity index (χ3n) is 5.01. The average Bonchev–Trinajstić information content (AvgIpc) is 3.12. The first-order valence-electron chi connectivity index (χ1n) is 15.1. The van der Waals surface area contributed by atoms with Gasteiger partial charge in [-0.15, -0.1) is 0 Å². The van der Waals surface area contributed by atoms with Gasteiger partial charge in [0.15, 0.2) is 5.78 Å². The minimum Gasteiger partial charge on any atom is -1.00 e. The van der Waals surface area contributed by atoms with Crippen molar-refractivity contribution in [2.75, 3.05) is 0 Å². The van der Waals surface area contributed by atoms with Crippen LogP contribution in [0.2, 0.25) is 0 Å². The Morgan fingerprint density at radius 1 is 0.692 bits per heavy atom. The van der Waals surface area contributed by atoms with Crippen molar-refractivity contribution in [3.05, 3.63) is 193 Å². The monoisotopic (exact) mass is 855 g/mol. The molecule has 0 heterocycles. The second-order valence-electron chi connectivity index (χ2n) is 9.17. The van der Waals surface area contributed by atoms with E-state index in [1.165, 1.54) is 12.2 Å². The summed E-state index contributed by atoms with van der Waals surface area (Å²) >= 11 is 13.8. The van der Waals surface area contributed by atoms with E-state index in [0.29, 0.717) is 0 Å². The first kappa shape index (κ1) is 55.6. The average molecular weight is 858 g/mol. The van der Waals surface area contributed by atoms with Crippen molar-refractivity contribution in [2.45, 2.75) is 26.9 Å². The van der Waals surface area contributed by atoms with Crippen LogP contribution in [0.5, 0.6) is 0 Å². The van der Waals surface area contributed by atoms with Crippen molar-refractivity contribution in [1.29, 1.82) is 0 Å². The second-order valence-corrected chi connectivity index (χ2v) is 15.8. The Balaban J connectivity index is -0.000000178. The number of hydrogen-bond acceptors (Lipinski definition) is 5. The number of benzene rings is 4. The largest absolute Gasteiger partial charge is 2.00 e. The molecule has 0 radical (unpaired) electrons. The fraction of sp³-hybridized carbons (Fsp3) is 0.0976. The molecule has 0 aliphatic rings. The summed E-state index contributed by atoms with van der Waals surface area (Å²) in [4.78, 5) is 30.4. The zero-order valence-electron chi connectivity index (χ0n) is 30.3. The SMILES string of the molecule is C/C=C/C(=O)c1ccccc1.C/C=C/C=O.CC(O)/C=C/c1ccccc1.O=C/C=C/C=C/c1ccccc1.O=P(Cl)(Cl)Cl.[Br-].[H+].[Mg+2].[c-]1ccccc1. The predicted molar refractivity (Wildman–Crippen MR) is 222 cm³/mol. The first-order valence-corrected chi connectivity index (χ1v) is 19.5. The van der Waals surface area contributed by atoms with Crippen LogP contribution < -0.4 is 17.0 Å². The van der Waals surface area contributed by atoms with E-state index in [9.17, 15) is 18.9 Å². The van der Waals surface area contributed by atoms with E-state index in [4.69, 9.17) is 5.11 Å². The smallest absolute Gasteiger partial charge is 1.00 e. The molecule has 0 fully saturated rings. The van der Waals surface area contributed by atoms with Gasteiger partial charge < -0.3 is 22.1 Å². The Morgan fingerprint density at radius 2 is 1.12 bits per heavy atom. The molecular weight excluding hydrogens is 814 g/mol. The molecule has 0 amide bonds. The Bertz CT molecular complexity index is 1570. The van der Waals surface area contributed by atoms with Crippen LogP contribution in [0.1, 0.15) is 43.7 Å². The van der Waals surface area contributed by atoms with E-state index in [2.05, 4.69) is 39.8 Å². The maximum Gasteiger partial charge on any atom is 2.00 e. The topological polar surface area (TPSA) is 88.5 Å². The van der Waals surface area contributed by atoms with Gasteiger partial charge in [-0.2, -0.15) is 36.4 Å². The number of carbonyl (C=O) groups excluding carboxylic acids is 3. The molecule has 4 aromatic carbocycles. The quantitative estimate of drug-likeness (QED) is 0.0365. The molecule has 4 aromatic rings. The molecule has 272 valence electrons. The minimum atomic E-state index is -3.22. The van der Waals surface area contributed by atoms with E-state index in [1.807, 2.05) is 146 Å². The summed E-state index contributed by atoms with van der Waals surface area (Å²) in [6.45, 7) is 5.37. The van der Waals surface area contributed by atoms with Gasteiger partial charge in [0.1, 0.15) is 12.6 Å². The van der Waals surface area contributed by atoms with Gasteiger partial charge in [0, 0.05) is 5.56 Å². The maximum atomic E-state index is 11.2. The number of rotatable bonds is 8. The van der Waals surface area contributed by atoms with Gasteiger partial charge in [-0.3, -0.25) is 18.9 Å². The van der Waals surface area contributed by atoms with Crippen molar-refractivity contribution in [3.8, 4) is 0 Å². The standard InChI is InChI=1S/C11H10O.C10H12O.C10H10O.C6H5.C4H6O.BrH.Cl3OP.Mg/c12-10-6-2-5-9-11-7-3-1-4-8-11;1-9(11)7-8-10-5-3-2-4-6-10;1-2-6-10(11)9-7-4-3-5-8-9;1-2-4-6-5-3-1;1-2-3-4-5;;1-5(2,3)4;/h1-10H;2-9,11H,1H3;2-8H,1H3;1-5H;2-4H,1H3;1H;;/q;;;-1;;;;+2/b6-2+,9-5+;8-7+;6-2+;;3-2+;;;. The normalized spacial score (nSPS) is 10.5. The van der Waals surface area contributed by atoms with Gasteiger partial charge >= 0.3 is 29.7 Å². The van der Waals surface area contributed by atoms with Gasteiger partial charge in [-0.25, -0.2) is 0 Å². The Kier molecular flexibility index (Phi) is 43.5. The van der Waals surface area contributed by atoms with Crippen LogP contribution >= 0.6 is 38.9 Å². The van der Waals surface area contributed by atoms with Crippen LogP contribution in [0.25, 0.3) is 12.2 Å². The summed E-state index contributed by atoms with van der Waals surface area (Å²) in [6.07, 6.45) is 18.2. The van der Waals surface area contributed by atoms with Gasteiger partial charge in [0.2, 0.25) is 0 Å². The van der Waals surface area contributed by atoms with Crippen LogP contribution in [-0.2, 0) is 14.2 Å². The van der Waals surface area contributed by atoms with Crippen molar-refractivity contribution >= 4 is 92.5 Å². The van der Waals surface area contributed by atoms with Crippen LogP contribution in [-0.4, -0.2) is 52.6 Å². The Labute approximate surface area is 352 Å². The van der Waals surface area contributed by atoms with Crippen molar-refractivity contribution in [1.82, 2.24) is 0 Å². The van der Waals surface area contributed by atoms with Crippen molar-refractivity contribution in [3.63, 3.8) is 0 Å². The molecule has 1 atom stereocenters. The van der Waals surface area contributed by atoms with Gasteiger partial charge in [-0.05, 0) is 83.8 Å². The number of allylic oxidation sites excluding steroid dienone is 7. The van der Waals surface area contributed by atoms with E-state index in [1.54, 1.807) is 44.2 Å². The predicted octanol–water partition coefficient (Wildman–Crippen LogP) is 8.78. The van der Waals surface area contributed by atoms with E-state index in [0.717, 1.165) is 29.3 Å². The summed E-state index contributed by atoms with van der Waals surface area (Å²) in [5.74, 6) is 0.0631. The maximum absolute atomic E-state index is 11.2. The van der Waals surface area contributed by atoms with Gasteiger partial charge in [0.05, 0.1) is 6.10 Å². The number of aliphatic hydroxyl groups excluding tert-OH is 1. The number of aldehydes is 2. The zero-order valence-corrected chi connectivity index (χ0v) is 35.5. The van der Waals surface area contributed by atoms with E-state index in [-0.39, 0.29) is 53.3 Å². The third-order valence-corrected chi connectivity index (χ3v) is 5.01. The first-order chi connectivity index (χ1) is 24.0. The minimum absolute atomic E-state index is 0. The van der Waals surface area contributed by atoms with Gasteiger partial charge in [0.25, 0.3) is 0 Å². The number of hydrogen-bond donors (Lipinski definition) is 1. The molecule has 0 aliphatic carbocycles. The summed E-state index contributed by atoms with van der Waals surface area (Å²) in [5.41, 5.74) is 2.99. The molecule has 0 aliphatic heterocycles. The fourth-order valence-corrected chi connectivity index (χ4v) is 2.93. The van der Waals surface area contributed by atoms with Crippen LogP contribution in [0.3, 0.4) is 0 Å². The molecular formula is C41H44BrCl3MgO5P+. The molecule has 0 saturated heterocycles.